The van der Waals surface area contributed by atoms with Crippen molar-refractivity contribution in [2.45, 2.75) is 30.6 Å². The van der Waals surface area contributed by atoms with Crippen LogP contribution in [0.1, 0.15) is 24.0 Å². The molecule has 0 saturated carbocycles. The first-order valence-corrected chi connectivity index (χ1v) is 15.0. The lowest BCUT2D eigenvalue weighted by molar-refractivity contribution is 0.483. The first kappa shape index (κ1) is 23.7. The van der Waals surface area contributed by atoms with E-state index < -0.39 is 10.1 Å². The molecule has 198 valence electrons. The van der Waals surface area contributed by atoms with Crippen molar-refractivity contribution in [3.8, 4) is 11.1 Å². The molecule has 0 atom stereocenters. The summed E-state index contributed by atoms with van der Waals surface area (Å²) in [7, 11) is -4.51. The van der Waals surface area contributed by atoms with Crippen molar-refractivity contribution >= 4 is 59.3 Å². The average Bonchev–Trinajstić information content (AvgIpc) is 2.95. The zero-order valence-corrected chi connectivity index (χ0v) is 22.4. The lowest BCUT2D eigenvalue weighted by Gasteiger charge is -2.37. The van der Waals surface area contributed by atoms with Gasteiger partial charge in [-0.15, -0.1) is 0 Å². The van der Waals surface area contributed by atoms with Crippen molar-refractivity contribution < 1.29 is 17.4 Å². The number of nitrogens with zero attached hydrogens (tertiary/aromatic N) is 1. The van der Waals surface area contributed by atoms with E-state index >= 15 is 0 Å². The zero-order valence-electron chi connectivity index (χ0n) is 21.6. The highest BCUT2D eigenvalue weighted by atomic mass is 32.2. The Hall–Kier alpha value is -4.20. The minimum Gasteiger partial charge on any atom is -0.455 e. The molecule has 1 aromatic heterocycles. The highest BCUT2D eigenvalue weighted by Gasteiger charge is 2.28. The first-order valence-electron chi connectivity index (χ1n) is 13.6. The standard InChI is InChI=1S/C33H25NO5S/c35-21-10-12-22-19(17-21)9-11-26-30(25-6-1-2-8-29(25)40(36,37)38)27-14-13-23-24-7-4-16-34-15-3-5-20(31(24)34)18-28(23)33(27)39-32(22)26/h1-2,6,8-14,17-18H,3-5,7,15-16H2,(H,36,37,38). The summed E-state index contributed by atoms with van der Waals surface area (Å²) in [5.41, 5.74) is 6.28. The normalized spacial score (nSPS) is 15.3. The average molecular weight is 548 g/mol. The van der Waals surface area contributed by atoms with E-state index in [4.69, 9.17) is 4.42 Å². The van der Waals surface area contributed by atoms with Crippen molar-refractivity contribution in [1.82, 2.24) is 0 Å². The maximum Gasteiger partial charge on any atom is 0.295 e. The molecule has 0 unspecified atom stereocenters. The van der Waals surface area contributed by atoms with Gasteiger partial charge < -0.3 is 9.32 Å². The summed E-state index contributed by atoms with van der Waals surface area (Å²) in [5.74, 6) is 0. The van der Waals surface area contributed by atoms with Gasteiger partial charge in [0.2, 0.25) is 0 Å². The molecular weight excluding hydrogens is 522 g/mol. The first-order chi connectivity index (χ1) is 19.4. The molecule has 6 aromatic rings. The van der Waals surface area contributed by atoms with Crippen molar-refractivity contribution in [2.24, 2.45) is 0 Å². The summed E-state index contributed by atoms with van der Waals surface area (Å²) in [6.07, 6.45) is 4.22. The van der Waals surface area contributed by atoms with E-state index in [-0.39, 0.29) is 10.3 Å². The Labute approximate surface area is 230 Å². The molecule has 7 heteroatoms. The van der Waals surface area contributed by atoms with Gasteiger partial charge in [0.05, 0.1) is 0 Å². The number of fused-ring (bicyclic) bond motifs is 7. The zero-order chi connectivity index (χ0) is 27.2. The number of anilines is 1. The number of rotatable bonds is 2. The minimum atomic E-state index is -4.51. The van der Waals surface area contributed by atoms with Crippen LogP contribution < -0.4 is 10.3 Å². The van der Waals surface area contributed by atoms with E-state index in [1.165, 1.54) is 28.9 Å². The number of hydrogen-bond donors (Lipinski definition) is 1. The molecule has 3 heterocycles. The molecule has 6 nitrogen and oxygen atoms in total. The Morgan fingerprint density at radius 3 is 2.27 bits per heavy atom. The third-order valence-corrected chi connectivity index (χ3v) is 9.51. The molecule has 0 spiro atoms. The van der Waals surface area contributed by atoms with Crippen LogP contribution in [0.4, 0.5) is 5.69 Å². The van der Waals surface area contributed by atoms with E-state index in [9.17, 15) is 17.8 Å². The Morgan fingerprint density at radius 1 is 0.750 bits per heavy atom. The van der Waals surface area contributed by atoms with Gasteiger partial charge in [-0.3, -0.25) is 9.35 Å². The van der Waals surface area contributed by atoms with Crippen molar-refractivity contribution in [1.29, 1.82) is 0 Å². The fraction of sp³-hybridized carbons (Fsp3) is 0.182. The van der Waals surface area contributed by atoms with E-state index in [1.807, 2.05) is 18.2 Å². The molecule has 0 amide bonds. The fourth-order valence-electron chi connectivity index (χ4n) is 6.98. The predicted octanol–water partition coefficient (Wildman–Crippen LogP) is 6.87. The smallest absolute Gasteiger partial charge is 0.295 e. The lowest BCUT2D eigenvalue weighted by Crippen LogP contribution is -2.34. The molecule has 0 bridgehead atoms. The van der Waals surface area contributed by atoms with Crippen LogP contribution in [-0.2, 0) is 23.0 Å². The number of benzene rings is 5. The van der Waals surface area contributed by atoms with Crippen LogP contribution in [-0.4, -0.2) is 26.1 Å². The quantitative estimate of drug-likeness (QED) is 0.145. The minimum absolute atomic E-state index is 0.0923. The van der Waals surface area contributed by atoms with Gasteiger partial charge in [0, 0.05) is 51.4 Å². The van der Waals surface area contributed by atoms with Crippen LogP contribution in [0.5, 0.6) is 0 Å². The van der Waals surface area contributed by atoms with Gasteiger partial charge in [-0.05, 0) is 90.0 Å². The third kappa shape index (κ3) is 3.37. The molecule has 0 fully saturated rings. The van der Waals surface area contributed by atoms with Crippen LogP contribution in [0.25, 0.3) is 54.6 Å². The summed E-state index contributed by atoms with van der Waals surface area (Å²) < 4.78 is 42.1. The third-order valence-electron chi connectivity index (χ3n) is 8.59. The van der Waals surface area contributed by atoms with Crippen LogP contribution >= 0.6 is 0 Å². The van der Waals surface area contributed by atoms with Crippen LogP contribution in [0.2, 0.25) is 0 Å². The van der Waals surface area contributed by atoms with Gasteiger partial charge in [0.1, 0.15) is 16.1 Å². The van der Waals surface area contributed by atoms with Crippen molar-refractivity contribution in [3.05, 3.63) is 94.1 Å². The van der Waals surface area contributed by atoms with Crippen molar-refractivity contribution in [3.63, 3.8) is 0 Å². The topological polar surface area (TPSA) is 87.8 Å². The number of hydrogen-bond acceptors (Lipinski definition) is 5. The molecule has 2 aliphatic heterocycles. The molecule has 2 aliphatic rings. The maximum atomic E-state index is 12.5. The Balaban J connectivity index is 1.60. The molecule has 8 rings (SSSR count). The second kappa shape index (κ2) is 8.40. The molecule has 0 aliphatic carbocycles. The van der Waals surface area contributed by atoms with Crippen LogP contribution in [0.15, 0.2) is 86.9 Å². The SMILES string of the molecule is O=c1ccc2c(ccc3c(-c4ccccc4S(=O)(=O)O)c4ccc5c6c7c(cc5c4oc32)CCCN7CCC6)c1. The van der Waals surface area contributed by atoms with E-state index in [2.05, 4.69) is 17.0 Å². The second-order valence-corrected chi connectivity index (χ2v) is 12.3. The van der Waals surface area contributed by atoms with Gasteiger partial charge in [0.15, 0.2) is 5.43 Å². The van der Waals surface area contributed by atoms with Gasteiger partial charge in [-0.25, -0.2) is 0 Å². The molecule has 0 saturated heterocycles. The number of aryl methyl sites for hydroxylation is 2. The van der Waals surface area contributed by atoms with Gasteiger partial charge >= 0.3 is 0 Å². The molecule has 0 radical (unpaired) electrons. The highest BCUT2D eigenvalue weighted by molar-refractivity contribution is 7.86. The Bertz CT molecular complexity index is 2230. The summed E-state index contributed by atoms with van der Waals surface area (Å²) in [6.45, 7) is 2.16. The van der Waals surface area contributed by atoms with E-state index in [0.717, 1.165) is 65.7 Å². The fourth-order valence-corrected chi connectivity index (χ4v) is 7.68. The Morgan fingerprint density at radius 2 is 1.45 bits per heavy atom. The highest BCUT2D eigenvalue weighted by Crippen LogP contribution is 2.46. The van der Waals surface area contributed by atoms with Gasteiger partial charge in [-0.2, -0.15) is 8.42 Å². The summed E-state index contributed by atoms with van der Waals surface area (Å²) >= 11 is 0. The molecule has 40 heavy (non-hydrogen) atoms. The predicted molar refractivity (Wildman–Crippen MR) is 159 cm³/mol. The van der Waals surface area contributed by atoms with E-state index in [1.54, 1.807) is 30.3 Å². The van der Waals surface area contributed by atoms with Gasteiger partial charge in [-0.1, -0.05) is 30.3 Å². The molecule has 1 N–H and O–H groups in total. The largest absolute Gasteiger partial charge is 0.455 e. The summed E-state index contributed by atoms with van der Waals surface area (Å²) in [6, 6.07) is 21.5. The maximum absolute atomic E-state index is 12.5. The summed E-state index contributed by atoms with van der Waals surface area (Å²) in [5, 5.41) is 5.15. The Kier molecular flexibility index (Phi) is 4.97. The van der Waals surface area contributed by atoms with Crippen LogP contribution in [0, 0.1) is 0 Å². The second-order valence-electron chi connectivity index (χ2n) is 10.9. The van der Waals surface area contributed by atoms with Gasteiger partial charge in [0.25, 0.3) is 10.1 Å². The molecule has 5 aromatic carbocycles. The molecular formula is C33H25NO5S. The lowest BCUT2D eigenvalue weighted by atomic mass is 9.86. The van der Waals surface area contributed by atoms with Crippen LogP contribution in [0.3, 0.4) is 0 Å². The van der Waals surface area contributed by atoms with E-state index in [0.29, 0.717) is 27.7 Å². The summed E-state index contributed by atoms with van der Waals surface area (Å²) in [4.78, 5) is 14.5. The monoisotopic (exact) mass is 547 g/mol. The van der Waals surface area contributed by atoms with Crippen molar-refractivity contribution in [2.75, 3.05) is 18.0 Å².